The number of ether oxygens (including phenoxy) is 1. The fourth-order valence-electron chi connectivity index (χ4n) is 3.30. The molecule has 2 heterocycles. The fourth-order valence-corrected chi connectivity index (χ4v) is 3.30. The van der Waals surface area contributed by atoms with Gasteiger partial charge in [0.15, 0.2) is 0 Å². The molecule has 0 aliphatic carbocycles. The van der Waals surface area contributed by atoms with Crippen LogP contribution in [0.1, 0.15) is 26.2 Å². The Morgan fingerprint density at radius 1 is 1.28 bits per heavy atom. The van der Waals surface area contributed by atoms with Crippen molar-refractivity contribution < 1.29 is 4.74 Å². The van der Waals surface area contributed by atoms with E-state index in [0.717, 1.165) is 39.1 Å². The molecule has 4 nitrogen and oxygen atoms in total. The van der Waals surface area contributed by atoms with Crippen molar-refractivity contribution in [3.8, 4) is 0 Å². The largest absolute Gasteiger partial charge is 0.381 e. The van der Waals surface area contributed by atoms with Gasteiger partial charge in [-0.1, -0.05) is 6.92 Å². The minimum absolute atomic E-state index is 0.312. The highest BCUT2D eigenvalue weighted by Crippen LogP contribution is 2.31. The topological polar surface area (TPSA) is 41.7 Å². The summed E-state index contributed by atoms with van der Waals surface area (Å²) in [5.41, 5.74) is 6.37. The second kappa shape index (κ2) is 6.33. The van der Waals surface area contributed by atoms with Crippen LogP contribution >= 0.6 is 0 Å². The van der Waals surface area contributed by atoms with E-state index in [1.54, 1.807) is 0 Å². The van der Waals surface area contributed by atoms with E-state index in [4.69, 9.17) is 10.5 Å². The summed E-state index contributed by atoms with van der Waals surface area (Å²) in [4.78, 5) is 5.13. The maximum Gasteiger partial charge on any atom is 0.0472 e. The lowest BCUT2D eigenvalue weighted by molar-refractivity contribution is -0.0143. The fraction of sp³-hybridized carbons (Fsp3) is 1.00. The maximum atomic E-state index is 6.06. The highest BCUT2D eigenvalue weighted by Gasteiger charge is 2.35. The van der Waals surface area contributed by atoms with Crippen LogP contribution in [-0.4, -0.2) is 68.8 Å². The minimum Gasteiger partial charge on any atom is -0.381 e. The molecule has 2 rings (SSSR count). The molecule has 2 aliphatic heterocycles. The molecule has 0 amide bonds. The van der Waals surface area contributed by atoms with E-state index in [2.05, 4.69) is 23.8 Å². The summed E-state index contributed by atoms with van der Waals surface area (Å²) in [5, 5.41) is 0. The first kappa shape index (κ1) is 14.3. The van der Waals surface area contributed by atoms with Crippen LogP contribution in [0, 0.1) is 5.41 Å². The molecule has 0 aromatic rings. The molecule has 1 unspecified atom stereocenters. The van der Waals surface area contributed by atoms with Gasteiger partial charge in [-0.2, -0.15) is 0 Å². The van der Waals surface area contributed by atoms with Crippen LogP contribution in [0.5, 0.6) is 0 Å². The van der Waals surface area contributed by atoms with Crippen molar-refractivity contribution in [3.05, 3.63) is 0 Å². The van der Waals surface area contributed by atoms with Gasteiger partial charge in [0, 0.05) is 45.4 Å². The standard InChI is InChI=1S/C14H29N3O/c1-3-13-10-17(7-6-16(13)2)12-14(11-15)4-8-18-9-5-14/h13H,3-12,15H2,1-2H3. The van der Waals surface area contributed by atoms with Crippen molar-refractivity contribution >= 4 is 0 Å². The first-order chi connectivity index (χ1) is 8.69. The van der Waals surface area contributed by atoms with Gasteiger partial charge in [0.25, 0.3) is 0 Å². The van der Waals surface area contributed by atoms with Gasteiger partial charge in [0.05, 0.1) is 0 Å². The zero-order valence-electron chi connectivity index (χ0n) is 12.0. The lowest BCUT2D eigenvalue weighted by Crippen LogP contribution is -2.55. The van der Waals surface area contributed by atoms with Gasteiger partial charge in [0.2, 0.25) is 0 Å². The first-order valence-electron chi connectivity index (χ1n) is 7.39. The lowest BCUT2D eigenvalue weighted by atomic mass is 9.79. The van der Waals surface area contributed by atoms with Gasteiger partial charge in [-0.25, -0.2) is 0 Å². The molecular weight excluding hydrogens is 226 g/mol. The Morgan fingerprint density at radius 3 is 2.61 bits per heavy atom. The zero-order valence-corrected chi connectivity index (χ0v) is 12.0. The lowest BCUT2D eigenvalue weighted by Gasteiger charge is -2.45. The van der Waals surface area contributed by atoms with E-state index in [9.17, 15) is 0 Å². The molecule has 0 radical (unpaired) electrons. The van der Waals surface area contributed by atoms with Gasteiger partial charge in [-0.05, 0) is 38.3 Å². The second-order valence-electron chi connectivity index (χ2n) is 6.09. The minimum atomic E-state index is 0.312. The molecular formula is C14H29N3O. The van der Waals surface area contributed by atoms with Gasteiger partial charge < -0.3 is 15.4 Å². The number of likely N-dealkylation sites (N-methyl/N-ethyl adjacent to an activating group) is 1. The number of hydrogen-bond donors (Lipinski definition) is 1. The average Bonchev–Trinajstić information content (AvgIpc) is 2.42. The van der Waals surface area contributed by atoms with Crippen LogP contribution in [0.25, 0.3) is 0 Å². The smallest absolute Gasteiger partial charge is 0.0472 e. The molecule has 2 fully saturated rings. The van der Waals surface area contributed by atoms with Gasteiger partial charge in [0.1, 0.15) is 0 Å². The van der Waals surface area contributed by atoms with E-state index >= 15 is 0 Å². The number of rotatable bonds is 4. The SMILES string of the molecule is CCC1CN(CC2(CN)CCOCC2)CCN1C. The predicted octanol–water partition coefficient (Wildman–Crippen LogP) is 0.768. The van der Waals surface area contributed by atoms with E-state index in [-0.39, 0.29) is 0 Å². The Balaban J connectivity index is 1.91. The summed E-state index contributed by atoms with van der Waals surface area (Å²) >= 11 is 0. The molecule has 2 N–H and O–H groups in total. The zero-order chi connectivity index (χ0) is 13.0. The number of nitrogens with two attached hydrogens (primary N) is 1. The van der Waals surface area contributed by atoms with Gasteiger partial charge >= 0.3 is 0 Å². The van der Waals surface area contributed by atoms with Gasteiger partial charge in [-0.3, -0.25) is 4.90 Å². The number of piperazine rings is 1. The highest BCUT2D eigenvalue weighted by molar-refractivity contribution is 4.89. The number of hydrogen-bond acceptors (Lipinski definition) is 4. The number of nitrogens with zero attached hydrogens (tertiary/aromatic N) is 2. The Labute approximate surface area is 111 Å². The first-order valence-corrected chi connectivity index (χ1v) is 7.39. The molecule has 106 valence electrons. The van der Waals surface area contributed by atoms with Crippen molar-refractivity contribution in [2.75, 3.05) is 53.0 Å². The summed E-state index contributed by atoms with van der Waals surface area (Å²) in [6.45, 7) is 9.62. The van der Waals surface area contributed by atoms with Crippen LogP contribution in [0.2, 0.25) is 0 Å². The Hall–Kier alpha value is -0.160. The van der Waals surface area contributed by atoms with E-state index in [0.29, 0.717) is 11.5 Å². The van der Waals surface area contributed by atoms with E-state index < -0.39 is 0 Å². The molecule has 0 aromatic carbocycles. The van der Waals surface area contributed by atoms with Crippen molar-refractivity contribution in [3.63, 3.8) is 0 Å². The molecule has 4 heteroatoms. The monoisotopic (exact) mass is 255 g/mol. The molecule has 0 aromatic heterocycles. The second-order valence-corrected chi connectivity index (χ2v) is 6.09. The Bertz CT molecular complexity index is 253. The van der Waals surface area contributed by atoms with Crippen molar-refractivity contribution in [1.82, 2.24) is 9.80 Å². The molecule has 2 saturated heterocycles. The third-order valence-corrected chi connectivity index (χ3v) is 4.88. The molecule has 0 saturated carbocycles. The quantitative estimate of drug-likeness (QED) is 0.805. The van der Waals surface area contributed by atoms with Crippen LogP contribution < -0.4 is 5.73 Å². The van der Waals surface area contributed by atoms with E-state index in [1.165, 1.54) is 26.1 Å². The normalized spacial score (nSPS) is 30.5. The third-order valence-electron chi connectivity index (χ3n) is 4.88. The van der Waals surface area contributed by atoms with Crippen molar-refractivity contribution in [1.29, 1.82) is 0 Å². The van der Waals surface area contributed by atoms with Crippen LogP contribution in [-0.2, 0) is 4.74 Å². The molecule has 18 heavy (non-hydrogen) atoms. The van der Waals surface area contributed by atoms with Gasteiger partial charge in [-0.15, -0.1) is 0 Å². The van der Waals surface area contributed by atoms with Crippen molar-refractivity contribution in [2.45, 2.75) is 32.2 Å². The Kier molecular flexibility index (Phi) is 5.01. The summed E-state index contributed by atoms with van der Waals surface area (Å²) in [7, 11) is 2.25. The third kappa shape index (κ3) is 3.23. The molecule has 0 bridgehead atoms. The van der Waals surface area contributed by atoms with Crippen molar-refractivity contribution in [2.24, 2.45) is 11.1 Å². The maximum absolute atomic E-state index is 6.06. The summed E-state index contributed by atoms with van der Waals surface area (Å²) in [6.07, 6.45) is 3.50. The molecule has 0 spiro atoms. The summed E-state index contributed by atoms with van der Waals surface area (Å²) in [6, 6.07) is 0.716. The predicted molar refractivity (Wildman–Crippen MR) is 74.7 cm³/mol. The van der Waals surface area contributed by atoms with E-state index in [1.807, 2.05) is 0 Å². The summed E-state index contributed by atoms with van der Waals surface area (Å²) < 4.78 is 5.49. The highest BCUT2D eigenvalue weighted by atomic mass is 16.5. The Morgan fingerprint density at radius 2 is 2.00 bits per heavy atom. The summed E-state index contributed by atoms with van der Waals surface area (Å²) in [5.74, 6) is 0. The average molecular weight is 255 g/mol. The van der Waals surface area contributed by atoms with Crippen LogP contribution in [0.15, 0.2) is 0 Å². The molecule has 2 aliphatic rings. The van der Waals surface area contributed by atoms with Crippen LogP contribution in [0.4, 0.5) is 0 Å². The van der Waals surface area contributed by atoms with Crippen LogP contribution in [0.3, 0.4) is 0 Å². The molecule has 1 atom stereocenters.